The summed E-state index contributed by atoms with van der Waals surface area (Å²) in [5.74, 6) is -1.89. The van der Waals surface area contributed by atoms with Gasteiger partial charge in [-0.05, 0) is 19.3 Å². The van der Waals surface area contributed by atoms with Gasteiger partial charge in [-0.15, -0.1) is 0 Å². The van der Waals surface area contributed by atoms with Crippen molar-refractivity contribution in [2.75, 3.05) is 59.6 Å². The molecule has 4 fully saturated rings. The number of ether oxygens (including phenoxy) is 2. The Hall–Kier alpha value is -1.75. The molecule has 1 spiro atoms. The summed E-state index contributed by atoms with van der Waals surface area (Å²) in [6.45, 7) is 4.45. The van der Waals surface area contributed by atoms with Crippen LogP contribution in [0.4, 0.5) is 0 Å². The zero-order valence-corrected chi connectivity index (χ0v) is 17.5. The molecular weight excluding hydrogens is 392 g/mol. The fraction of sp³-hybridized carbons (Fsp3) is 0.850. The number of carbonyl (C=O) groups excluding carboxylic acids is 3. The fourth-order valence-electron chi connectivity index (χ4n) is 5.66. The fourth-order valence-corrected chi connectivity index (χ4v) is 5.66. The number of aliphatic hydroxyl groups is 1. The Kier molecular flexibility index (Phi) is 6.29. The Morgan fingerprint density at radius 1 is 1.23 bits per heavy atom. The molecule has 3 N–H and O–H groups in total. The van der Waals surface area contributed by atoms with Crippen molar-refractivity contribution in [3.05, 3.63) is 0 Å². The third-order valence-corrected chi connectivity index (χ3v) is 6.99. The van der Waals surface area contributed by atoms with Gasteiger partial charge in [-0.3, -0.25) is 19.3 Å². The second kappa shape index (κ2) is 8.78. The van der Waals surface area contributed by atoms with E-state index in [1.807, 2.05) is 0 Å². The minimum atomic E-state index is -0.961. The van der Waals surface area contributed by atoms with Crippen molar-refractivity contribution in [2.24, 2.45) is 11.8 Å². The molecule has 10 nitrogen and oxygen atoms in total. The van der Waals surface area contributed by atoms with Gasteiger partial charge in [0.1, 0.15) is 11.6 Å². The Morgan fingerprint density at radius 2 is 2.00 bits per heavy atom. The van der Waals surface area contributed by atoms with Crippen LogP contribution in [-0.2, 0) is 23.9 Å². The average molecular weight is 424 g/mol. The first-order valence-electron chi connectivity index (χ1n) is 10.9. The summed E-state index contributed by atoms with van der Waals surface area (Å²) in [6.07, 6.45) is 1.29. The van der Waals surface area contributed by atoms with Crippen LogP contribution in [0.15, 0.2) is 0 Å². The molecule has 30 heavy (non-hydrogen) atoms. The van der Waals surface area contributed by atoms with E-state index in [1.54, 1.807) is 7.05 Å². The lowest BCUT2D eigenvalue weighted by Crippen LogP contribution is -2.56. The standard InChI is InChI=1S/C20H32N4O6/c1-21-17(26)14-13-3-4-20(30-13)15(14)19(28)24(6-2-10-25)16(20)18(27)22-5-7-23-8-11-29-12-9-23/h13-16,25H,2-12H2,1H3,(H,21,26)(H,22,27)/t13-,14+,15-,16?,20?/m0/s1. The third-order valence-electron chi connectivity index (χ3n) is 6.99. The van der Waals surface area contributed by atoms with E-state index in [0.29, 0.717) is 45.6 Å². The van der Waals surface area contributed by atoms with E-state index in [0.717, 1.165) is 13.1 Å². The molecule has 3 amide bonds. The number of nitrogens with zero attached hydrogens (tertiary/aromatic N) is 2. The molecule has 4 aliphatic rings. The van der Waals surface area contributed by atoms with Crippen LogP contribution in [0, 0.1) is 11.8 Å². The van der Waals surface area contributed by atoms with Crippen molar-refractivity contribution in [2.45, 2.75) is 37.0 Å². The molecule has 4 heterocycles. The maximum absolute atomic E-state index is 13.3. The summed E-state index contributed by atoms with van der Waals surface area (Å²) in [7, 11) is 1.56. The Morgan fingerprint density at radius 3 is 2.70 bits per heavy atom. The highest BCUT2D eigenvalue weighted by Crippen LogP contribution is 2.58. The Labute approximate surface area is 176 Å². The summed E-state index contributed by atoms with van der Waals surface area (Å²) in [6, 6.07) is -0.772. The lowest BCUT2D eigenvalue weighted by molar-refractivity contribution is -0.142. The van der Waals surface area contributed by atoms with E-state index in [-0.39, 0.29) is 37.0 Å². The highest BCUT2D eigenvalue weighted by Gasteiger charge is 2.74. The van der Waals surface area contributed by atoms with E-state index in [1.165, 1.54) is 4.90 Å². The maximum atomic E-state index is 13.3. The smallest absolute Gasteiger partial charge is 0.245 e. The van der Waals surface area contributed by atoms with Crippen molar-refractivity contribution in [1.82, 2.24) is 20.4 Å². The number of fused-ring (bicyclic) bond motifs is 1. The van der Waals surface area contributed by atoms with Gasteiger partial charge in [0.2, 0.25) is 17.7 Å². The molecular formula is C20H32N4O6. The van der Waals surface area contributed by atoms with E-state index >= 15 is 0 Å². The Balaban J connectivity index is 1.51. The van der Waals surface area contributed by atoms with Gasteiger partial charge >= 0.3 is 0 Å². The number of carbonyl (C=O) groups is 3. The zero-order valence-electron chi connectivity index (χ0n) is 17.5. The van der Waals surface area contributed by atoms with Crippen LogP contribution in [-0.4, -0.2) is 110 Å². The highest BCUT2D eigenvalue weighted by molar-refractivity contribution is 5.98. The molecule has 10 heteroatoms. The lowest BCUT2D eigenvalue weighted by atomic mass is 9.70. The van der Waals surface area contributed by atoms with Gasteiger partial charge in [0, 0.05) is 46.4 Å². The predicted octanol–water partition coefficient (Wildman–Crippen LogP) is -2.06. The molecule has 0 saturated carbocycles. The molecule has 4 rings (SSSR count). The van der Waals surface area contributed by atoms with Crippen LogP contribution in [0.3, 0.4) is 0 Å². The maximum Gasteiger partial charge on any atom is 0.245 e. The van der Waals surface area contributed by atoms with Gasteiger partial charge in [0.25, 0.3) is 0 Å². The van der Waals surface area contributed by atoms with E-state index in [2.05, 4.69) is 15.5 Å². The molecule has 0 radical (unpaired) electrons. The zero-order chi connectivity index (χ0) is 21.3. The highest BCUT2D eigenvalue weighted by atomic mass is 16.5. The van der Waals surface area contributed by atoms with Crippen LogP contribution < -0.4 is 10.6 Å². The van der Waals surface area contributed by atoms with Crippen molar-refractivity contribution in [1.29, 1.82) is 0 Å². The molecule has 4 aliphatic heterocycles. The Bertz CT molecular complexity index is 684. The largest absolute Gasteiger partial charge is 0.396 e. The summed E-state index contributed by atoms with van der Waals surface area (Å²) >= 11 is 0. The van der Waals surface area contributed by atoms with Crippen molar-refractivity contribution in [3.63, 3.8) is 0 Å². The van der Waals surface area contributed by atoms with Crippen molar-refractivity contribution in [3.8, 4) is 0 Å². The van der Waals surface area contributed by atoms with Crippen LogP contribution in [0.2, 0.25) is 0 Å². The number of amides is 3. The van der Waals surface area contributed by atoms with E-state index < -0.39 is 23.5 Å². The normalized spacial score (nSPS) is 35.5. The lowest BCUT2D eigenvalue weighted by Gasteiger charge is -2.33. The van der Waals surface area contributed by atoms with Gasteiger partial charge < -0.3 is 30.1 Å². The molecule has 2 unspecified atom stereocenters. The van der Waals surface area contributed by atoms with Crippen LogP contribution >= 0.6 is 0 Å². The van der Waals surface area contributed by atoms with Crippen molar-refractivity contribution < 1.29 is 29.0 Å². The quantitative estimate of drug-likeness (QED) is 0.410. The van der Waals surface area contributed by atoms with Crippen molar-refractivity contribution >= 4 is 17.7 Å². The molecule has 4 saturated heterocycles. The van der Waals surface area contributed by atoms with Gasteiger partial charge in [-0.1, -0.05) is 0 Å². The van der Waals surface area contributed by atoms with Gasteiger partial charge in [-0.25, -0.2) is 0 Å². The summed E-state index contributed by atoms with van der Waals surface area (Å²) < 4.78 is 11.6. The number of hydrogen-bond donors (Lipinski definition) is 3. The molecule has 168 valence electrons. The van der Waals surface area contributed by atoms with E-state index in [4.69, 9.17) is 9.47 Å². The second-order valence-corrected chi connectivity index (χ2v) is 8.52. The molecule has 0 aromatic rings. The summed E-state index contributed by atoms with van der Waals surface area (Å²) in [5, 5.41) is 14.9. The number of likely N-dealkylation sites (tertiary alicyclic amines) is 1. The number of hydrogen-bond acceptors (Lipinski definition) is 7. The first-order valence-corrected chi connectivity index (χ1v) is 10.9. The van der Waals surface area contributed by atoms with Crippen LogP contribution in [0.25, 0.3) is 0 Å². The molecule has 0 aromatic carbocycles. The van der Waals surface area contributed by atoms with Crippen LogP contribution in [0.1, 0.15) is 19.3 Å². The summed E-state index contributed by atoms with van der Waals surface area (Å²) in [4.78, 5) is 42.9. The number of aliphatic hydroxyl groups excluding tert-OH is 1. The minimum absolute atomic E-state index is 0.0742. The molecule has 0 aliphatic carbocycles. The van der Waals surface area contributed by atoms with Crippen LogP contribution in [0.5, 0.6) is 0 Å². The van der Waals surface area contributed by atoms with E-state index in [9.17, 15) is 19.5 Å². The third kappa shape index (κ3) is 3.49. The number of morpholine rings is 1. The first kappa shape index (κ1) is 21.5. The monoisotopic (exact) mass is 424 g/mol. The molecule has 5 atom stereocenters. The topological polar surface area (TPSA) is 120 Å². The summed E-state index contributed by atoms with van der Waals surface area (Å²) in [5.41, 5.74) is -0.961. The molecule has 0 aromatic heterocycles. The second-order valence-electron chi connectivity index (χ2n) is 8.52. The SMILES string of the molecule is CNC(=O)[C@@H]1[C@@H]2CCC3(O2)C(C(=O)NCCN2CCOCC2)N(CCCO)C(=O)[C@H]13. The first-order chi connectivity index (χ1) is 14.5. The predicted molar refractivity (Wildman–Crippen MR) is 105 cm³/mol. The van der Waals surface area contributed by atoms with Gasteiger partial charge in [-0.2, -0.15) is 0 Å². The average Bonchev–Trinajstić information content (AvgIpc) is 3.39. The molecule has 2 bridgehead atoms. The van der Waals surface area contributed by atoms with Gasteiger partial charge in [0.05, 0.1) is 31.2 Å². The number of rotatable bonds is 8. The minimum Gasteiger partial charge on any atom is -0.396 e. The number of nitrogens with one attached hydrogen (secondary N) is 2. The van der Waals surface area contributed by atoms with Gasteiger partial charge in [0.15, 0.2) is 0 Å².